The molecule has 8 N–H and O–H groups in total. The zero-order valence-corrected chi connectivity index (χ0v) is 10.3. The Morgan fingerprint density at radius 2 is 2.00 bits per heavy atom. The molecule has 0 radical (unpaired) electrons. The fraction of sp³-hybridized carbons (Fsp3) is 0.667. The molecule has 110 valence electrons. The van der Waals surface area contributed by atoms with E-state index in [0.29, 0.717) is 6.67 Å². The summed E-state index contributed by atoms with van der Waals surface area (Å²) in [7, 11) is 0. The van der Waals surface area contributed by atoms with Crippen molar-refractivity contribution in [3.63, 3.8) is 0 Å². The van der Waals surface area contributed by atoms with Crippen molar-refractivity contribution in [2.75, 3.05) is 19.8 Å². The van der Waals surface area contributed by atoms with Crippen LogP contribution in [0.2, 0.25) is 0 Å². The van der Waals surface area contributed by atoms with Crippen LogP contribution in [-0.2, 0) is 9.59 Å². The number of hydrogen-bond acceptors (Lipinski definition) is 6. The summed E-state index contributed by atoms with van der Waals surface area (Å²) in [6.07, 6.45) is -0.224. The number of carbonyl (C=O) groups is 3. The van der Waals surface area contributed by atoms with Crippen molar-refractivity contribution in [2.45, 2.75) is 18.9 Å². The number of amides is 2. The Kier molecular flexibility index (Phi) is 8.17. The molecule has 0 aromatic carbocycles. The number of rotatable bonds is 5. The van der Waals surface area contributed by atoms with Crippen molar-refractivity contribution >= 4 is 18.0 Å². The number of carboxylic acids is 2. The average Bonchev–Trinajstić information content (AvgIpc) is 2.78. The largest absolute Gasteiger partial charge is 0.481 e. The molecule has 1 aliphatic heterocycles. The Balaban J connectivity index is 0.000000342. The van der Waals surface area contributed by atoms with Crippen LogP contribution in [0.1, 0.15) is 12.8 Å². The van der Waals surface area contributed by atoms with Crippen molar-refractivity contribution in [1.29, 1.82) is 0 Å². The van der Waals surface area contributed by atoms with Gasteiger partial charge in [0.25, 0.3) is 0 Å². The number of nitrogens with one attached hydrogen (secondary N) is 2. The van der Waals surface area contributed by atoms with E-state index in [4.69, 9.17) is 21.7 Å². The summed E-state index contributed by atoms with van der Waals surface area (Å²) in [5.41, 5.74) is 12.3. The highest BCUT2D eigenvalue weighted by Gasteiger charge is 2.12. The quantitative estimate of drug-likeness (QED) is 0.325. The maximum atomic E-state index is 10.2. The second-order valence-electron chi connectivity index (χ2n) is 3.77. The first-order valence-electron chi connectivity index (χ1n) is 5.55. The van der Waals surface area contributed by atoms with E-state index < -0.39 is 24.0 Å². The first-order chi connectivity index (χ1) is 8.82. The van der Waals surface area contributed by atoms with E-state index in [1.807, 2.05) is 0 Å². The monoisotopic (exact) mass is 277 g/mol. The minimum Gasteiger partial charge on any atom is -0.481 e. The highest BCUT2D eigenvalue weighted by Crippen LogP contribution is 1.93. The normalized spacial score (nSPS) is 16.1. The van der Waals surface area contributed by atoms with Crippen LogP contribution in [0, 0.1) is 0 Å². The Hall–Kier alpha value is -1.91. The zero-order chi connectivity index (χ0) is 14.8. The van der Waals surface area contributed by atoms with Crippen LogP contribution in [0.5, 0.6) is 0 Å². The summed E-state index contributed by atoms with van der Waals surface area (Å²) >= 11 is 0. The van der Waals surface area contributed by atoms with Crippen LogP contribution >= 0.6 is 0 Å². The lowest BCUT2D eigenvalue weighted by atomic mass is 10.2. The van der Waals surface area contributed by atoms with Gasteiger partial charge in [-0.3, -0.25) is 15.0 Å². The van der Waals surface area contributed by atoms with E-state index in [-0.39, 0.29) is 12.8 Å². The molecule has 1 aliphatic rings. The van der Waals surface area contributed by atoms with Gasteiger partial charge in [0.05, 0.1) is 6.67 Å². The predicted molar refractivity (Wildman–Crippen MR) is 64.8 cm³/mol. The molecule has 0 bridgehead atoms. The Bertz CT molecular complexity index is 318. The van der Waals surface area contributed by atoms with Gasteiger partial charge in [0.2, 0.25) is 0 Å². The fourth-order valence-corrected chi connectivity index (χ4v) is 1.16. The lowest BCUT2D eigenvalue weighted by Gasteiger charge is -2.12. The molecule has 0 aromatic heterocycles. The third-order valence-electron chi connectivity index (χ3n) is 2.12. The molecule has 1 fully saturated rings. The molecule has 0 aliphatic carbocycles. The van der Waals surface area contributed by atoms with Gasteiger partial charge in [0.15, 0.2) is 0 Å². The van der Waals surface area contributed by atoms with E-state index in [0.717, 1.165) is 13.1 Å². The van der Waals surface area contributed by atoms with Crippen LogP contribution in [0.15, 0.2) is 0 Å². The van der Waals surface area contributed by atoms with Gasteiger partial charge in [-0.15, -0.1) is 0 Å². The summed E-state index contributed by atoms with van der Waals surface area (Å²) < 4.78 is 0. The van der Waals surface area contributed by atoms with Gasteiger partial charge in [-0.05, 0) is 6.42 Å². The van der Waals surface area contributed by atoms with E-state index in [1.165, 1.54) is 0 Å². The molecule has 1 heterocycles. The second kappa shape index (κ2) is 9.08. The van der Waals surface area contributed by atoms with Crippen molar-refractivity contribution in [1.82, 2.24) is 15.8 Å². The Morgan fingerprint density at radius 3 is 2.37 bits per heavy atom. The van der Waals surface area contributed by atoms with Crippen LogP contribution in [-0.4, -0.2) is 59.0 Å². The van der Waals surface area contributed by atoms with Crippen LogP contribution in [0.3, 0.4) is 0 Å². The number of urea groups is 1. The van der Waals surface area contributed by atoms with Gasteiger partial charge in [-0.2, -0.15) is 0 Å². The molecule has 1 atom stereocenters. The molecule has 2 amide bonds. The molecule has 10 nitrogen and oxygen atoms in total. The van der Waals surface area contributed by atoms with Gasteiger partial charge in [-0.1, -0.05) is 0 Å². The van der Waals surface area contributed by atoms with E-state index >= 15 is 0 Å². The third-order valence-corrected chi connectivity index (χ3v) is 2.12. The van der Waals surface area contributed by atoms with E-state index in [1.54, 1.807) is 5.01 Å². The topological polar surface area (TPSA) is 171 Å². The lowest BCUT2D eigenvalue weighted by Crippen LogP contribution is -2.44. The minimum absolute atomic E-state index is 0.0231. The fourth-order valence-electron chi connectivity index (χ4n) is 1.16. The maximum absolute atomic E-state index is 10.2. The smallest absolute Gasteiger partial charge is 0.326 e. The summed E-state index contributed by atoms with van der Waals surface area (Å²) in [5.74, 6) is -2.20. The number of hydrogen-bond donors (Lipinski definition) is 6. The molecule has 1 saturated heterocycles. The van der Waals surface area contributed by atoms with Crippen LogP contribution < -0.4 is 22.2 Å². The summed E-state index contributed by atoms with van der Waals surface area (Å²) in [5, 5.41) is 21.0. The lowest BCUT2D eigenvalue weighted by molar-refractivity contribution is -0.139. The summed E-state index contributed by atoms with van der Waals surface area (Å²) in [6, 6.07) is -1.56. The van der Waals surface area contributed by atoms with Crippen molar-refractivity contribution < 1.29 is 24.6 Å². The van der Waals surface area contributed by atoms with Gasteiger partial charge < -0.3 is 27.0 Å². The highest BCUT2D eigenvalue weighted by molar-refractivity contribution is 5.74. The van der Waals surface area contributed by atoms with Crippen molar-refractivity contribution in [3.05, 3.63) is 0 Å². The third kappa shape index (κ3) is 9.76. The summed E-state index contributed by atoms with van der Waals surface area (Å²) in [6.45, 7) is 2.41. The highest BCUT2D eigenvalue weighted by atomic mass is 16.4. The van der Waals surface area contributed by atoms with E-state index in [9.17, 15) is 14.4 Å². The Morgan fingerprint density at radius 1 is 1.37 bits per heavy atom. The van der Waals surface area contributed by atoms with Crippen LogP contribution in [0.25, 0.3) is 0 Å². The van der Waals surface area contributed by atoms with Crippen LogP contribution in [0.4, 0.5) is 4.79 Å². The molecule has 0 spiro atoms. The average molecular weight is 277 g/mol. The predicted octanol–water partition coefficient (Wildman–Crippen LogP) is -2.30. The standard InChI is InChI=1S/C5H9NO4.C4H10N4O/c6-3(5(9)10)1-2-4(7)8;5-4(9)7-8-2-1-6-3-8/h3H,1-2,6H2,(H,7,8)(H,9,10);6H,1-3H2,(H3,5,7,9)/t3-;/m0./s1. The van der Waals surface area contributed by atoms with Gasteiger partial charge in [0.1, 0.15) is 6.04 Å². The van der Waals surface area contributed by atoms with E-state index in [2.05, 4.69) is 10.7 Å². The molecule has 1 rings (SSSR count). The van der Waals surface area contributed by atoms with Gasteiger partial charge in [-0.25, -0.2) is 9.80 Å². The Labute approximate surface area is 109 Å². The zero-order valence-electron chi connectivity index (χ0n) is 10.3. The molecule has 0 unspecified atom stereocenters. The number of nitrogens with zero attached hydrogens (tertiary/aromatic N) is 1. The summed E-state index contributed by atoms with van der Waals surface area (Å²) in [4.78, 5) is 30.1. The number of aliphatic carboxylic acids is 2. The molecule has 0 saturated carbocycles. The molecular weight excluding hydrogens is 258 g/mol. The second-order valence-corrected chi connectivity index (χ2v) is 3.77. The SMILES string of the molecule is NC(=O)NN1CCNC1.N[C@@H](CCC(=O)O)C(=O)O. The number of primary amides is 1. The van der Waals surface area contributed by atoms with Gasteiger partial charge >= 0.3 is 18.0 Å². The first-order valence-corrected chi connectivity index (χ1v) is 5.55. The number of nitrogens with two attached hydrogens (primary N) is 2. The van der Waals surface area contributed by atoms with Crippen molar-refractivity contribution in [2.24, 2.45) is 11.5 Å². The number of hydrazine groups is 1. The number of carboxylic acid groups (broad SMARTS) is 2. The molecule has 19 heavy (non-hydrogen) atoms. The molecular formula is C9H19N5O5. The minimum atomic E-state index is -1.17. The molecule has 0 aromatic rings. The maximum Gasteiger partial charge on any atom is 0.326 e. The van der Waals surface area contributed by atoms with Crippen molar-refractivity contribution in [3.8, 4) is 0 Å². The number of carbonyl (C=O) groups excluding carboxylic acids is 1. The first kappa shape index (κ1) is 17.1. The van der Waals surface area contributed by atoms with Gasteiger partial charge in [0, 0.05) is 19.5 Å². The molecule has 10 heteroatoms.